The van der Waals surface area contributed by atoms with Gasteiger partial charge in [0, 0.05) is 23.2 Å². The third kappa shape index (κ3) is 4.70. The molecule has 1 amide bonds. The van der Waals surface area contributed by atoms with Crippen LogP contribution in [0.1, 0.15) is 67.2 Å². The molecule has 3 rings (SSSR count). The molecule has 0 bridgehead atoms. The second kappa shape index (κ2) is 7.68. The highest BCUT2D eigenvalue weighted by atomic mass is 79.9. The molecule has 27 heavy (non-hydrogen) atoms. The maximum Gasteiger partial charge on any atom is 0.408 e. The summed E-state index contributed by atoms with van der Waals surface area (Å²) in [5.41, 5.74) is -0.517. The van der Waals surface area contributed by atoms with Crippen LogP contribution in [-0.4, -0.2) is 35.7 Å². The minimum atomic E-state index is -0.517. The molecule has 1 saturated carbocycles. The largest absolute Gasteiger partial charge is 0.444 e. The smallest absolute Gasteiger partial charge is 0.408 e. The molecule has 5 nitrogen and oxygen atoms in total. The summed E-state index contributed by atoms with van der Waals surface area (Å²) in [6, 6.07) is -0.154. The summed E-state index contributed by atoms with van der Waals surface area (Å²) in [6.45, 7) is 12.4. The van der Waals surface area contributed by atoms with Crippen LogP contribution in [0, 0.1) is 17.8 Å². The summed E-state index contributed by atoms with van der Waals surface area (Å²) >= 11 is 3.62. The Bertz CT molecular complexity index is 599. The number of alkyl carbamates (subject to hydrolysis) is 1. The number of hydrogen-bond donors (Lipinski definition) is 1. The average molecular weight is 444 g/mol. The summed E-state index contributed by atoms with van der Waals surface area (Å²) in [7, 11) is 0. The zero-order valence-electron chi connectivity index (χ0n) is 17.4. The Labute approximate surface area is 171 Å². The van der Waals surface area contributed by atoms with Gasteiger partial charge < -0.3 is 19.5 Å². The molecule has 154 valence electrons. The standard InChI is InChI=1S/C21H34BrNO4/c1-12(2)14-8-7-13(3)11-21(14)25-17-9-15(22)16(10-18(17)26-21)23-19(24)27-20(4,5)6/h9,12-14,16-18H,7-8,10-11H2,1-6H3,(H,23,24)/t13-,14+,16-,17+,18-,21+/m1/s1. The number of nitrogens with one attached hydrogen (secondary N) is 1. The highest BCUT2D eigenvalue weighted by molar-refractivity contribution is 9.11. The molecule has 0 aromatic heterocycles. The summed E-state index contributed by atoms with van der Waals surface area (Å²) in [4.78, 5) is 12.2. The maximum absolute atomic E-state index is 12.2. The fraction of sp³-hybridized carbons (Fsp3) is 0.857. The normalized spacial score (nSPS) is 39.3. The number of rotatable bonds is 2. The van der Waals surface area contributed by atoms with Crippen molar-refractivity contribution in [3.63, 3.8) is 0 Å². The highest BCUT2D eigenvalue weighted by Crippen LogP contribution is 2.51. The third-order valence-electron chi connectivity index (χ3n) is 5.84. The molecule has 1 heterocycles. The third-order valence-corrected chi connectivity index (χ3v) is 6.66. The van der Waals surface area contributed by atoms with Crippen molar-refractivity contribution in [1.82, 2.24) is 5.32 Å². The van der Waals surface area contributed by atoms with Gasteiger partial charge in [0.2, 0.25) is 0 Å². The van der Waals surface area contributed by atoms with Crippen LogP contribution in [0.3, 0.4) is 0 Å². The van der Waals surface area contributed by atoms with Gasteiger partial charge in [0.25, 0.3) is 0 Å². The first kappa shape index (κ1) is 21.1. The van der Waals surface area contributed by atoms with Gasteiger partial charge in [-0.25, -0.2) is 4.79 Å². The molecule has 6 atom stereocenters. The van der Waals surface area contributed by atoms with E-state index >= 15 is 0 Å². The van der Waals surface area contributed by atoms with Gasteiger partial charge in [-0.3, -0.25) is 0 Å². The van der Waals surface area contributed by atoms with E-state index in [1.54, 1.807) is 0 Å². The van der Waals surface area contributed by atoms with E-state index in [-0.39, 0.29) is 18.2 Å². The molecule has 0 aromatic carbocycles. The Morgan fingerprint density at radius 3 is 2.67 bits per heavy atom. The molecule has 0 radical (unpaired) electrons. The van der Waals surface area contributed by atoms with Crippen molar-refractivity contribution in [3.05, 3.63) is 10.6 Å². The van der Waals surface area contributed by atoms with Crippen molar-refractivity contribution < 1.29 is 19.0 Å². The number of halogens is 1. The van der Waals surface area contributed by atoms with Crippen LogP contribution in [0.15, 0.2) is 10.6 Å². The summed E-state index contributed by atoms with van der Waals surface area (Å²) in [6.07, 6.45) is 5.54. The van der Waals surface area contributed by atoms with Crippen LogP contribution in [0.4, 0.5) is 4.79 Å². The Kier molecular flexibility index (Phi) is 6.01. The first-order valence-electron chi connectivity index (χ1n) is 10.2. The van der Waals surface area contributed by atoms with E-state index < -0.39 is 17.5 Å². The van der Waals surface area contributed by atoms with E-state index in [9.17, 15) is 4.79 Å². The van der Waals surface area contributed by atoms with Crippen molar-refractivity contribution in [1.29, 1.82) is 0 Å². The highest BCUT2D eigenvalue weighted by Gasteiger charge is 2.56. The molecule has 0 unspecified atom stereocenters. The minimum absolute atomic E-state index is 0.0437. The fourth-order valence-corrected chi connectivity index (χ4v) is 5.27. The second-order valence-corrected chi connectivity index (χ2v) is 10.7. The summed E-state index contributed by atoms with van der Waals surface area (Å²) in [5.74, 6) is 1.03. The van der Waals surface area contributed by atoms with Crippen LogP contribution < -0.4 is 5.32 Å². The fourth-order valence-electron chi connectivity index (χ4n) is 4.71. The second-order valence-electron chi connectivity index (χ2n) is 9.77. The lowest BCUT2D eigenvalue weighted by Crippen LogP contribution is -2.47. The lowest BCUT2D eigenvalue weighted by molar-refractivity contribution is -0.242. The molecular formula is C21H34BrNO4. The molecule has 3 aliphatic rings. The van der Waals surface area contributed by atoms with Crippen LogP contribution in [0.25, 0.3) is 0 Å². The van der Waals surface area contributed by atoms with Crippen molar-refractivity contribution in [3.8, 4) is 0 Å². The van der Waals surface area contributed by atoms with Crippen LogP contribution in [-0.2, 0) is 14.2 Å². The molecule has 2 aliphatic carbocycles. The Hall–Kier alpha value is -0.590. The quantitative estimate of drug-likeness (QED) is 0.641. The Morgan fingerprint density at radius 2 is 2.04 bits per heavy atom. The molecule has 1 N–H and O–H groups in total. The van der Waals surface area contributed by atoms with Crippen molar-refractivity contribution >= 4 is 22.0 Å². The van der Waals surface area contributed by atoms with Gasteiger partial charge in [-0.15, -0.1) is 0 Å². The maximum atomic E-state index is 12.2. The Morgan fingerprint density at radius 1 is 1.33 bits per heavy atom. The SMILES string of the molecule is CC(C)[C@@H]1CC[C@@H](C)C[C@@]12O[C@H]1C=C(Br)[C@H](NC(=O)OC(C)(C)C)C[C@H]1O2. The van der Waals surface area contributed by atoms with Gasteiger partial charge in [0.15, 0.2) is 5.79 Å². The van der Waals surface area contributed by atoms with E-state index in [1.165, 1.54) is 6.42 Å². The van der Waals surface area contributed by atoms with Gasteiger partial charge in [0.1, 0.15) is 11.7 Å². The van der Waals surface area contributed by atoms with Crippen LogP contribution in [0.2, 0.25) is 0 Å². The van der Waals surface area contributed by atoms with Crippen molar-refractivity contribution in [2.24, 2.45) is 17.8 Å². The Balaban J connectivity index is 1.71. The molecule has 1 saturated heterocycles. The van der Waals surface area contributed by atoms with E-state index in [4.69, 9.17) is 14.2 Å². The molecule has 2 fully saturated rings. The lowest BCUT2D eigenvalue weighted by Gasteiger charge is -2.44. The topological polar surface area (TPSA) is 56.8 Å². The van der Waals surface area contributed by atoms with Crippen molar-refractivity contribution in [2.75, 3.05) is 0 Å². The van der Waals surface area contributed by atoms with E-state index in [0.717, 1.165) is 17.3 Å². The first-order valence-corrected chi connectivity index (χ1v) is 11.0. The lowest BCUT2D eigenvalue weighted by atomic mass is 9.73. The van der Waals surface area contributed by atoms with Gasteiger partial charge in [-0.2, -0.15) is 0 Å². The van der Waals surface area contributed by atoms with Crippen molar-refractivity contribution in [2.45, 2.75) is 96.9 Å². The number of amides is 1. The molecule has 1 aliphatic heterocycles. The molecule has 0 aromatic rings. The average Bonchev–Trinajstić information content (AvgIpc) is 2.81. The summed E-state index contributed by atoms with van der Waals surface area (Å²) in [5, 5.41) is 2.96. The monoisotopic (exact) mass is 443 g/mol. The van der Waals surface area contributed by atoms with E-state index in [2.05, 4.69) is 48.1 Å². The van der Waals surface area contributed by atoms with Gasteiger partial charge >= 0.3 is 6.09 Å². The number of carbonyl (C=O) groups is 1. The summed E-state index contributed by atoms with van der Waals surface area (Å²) < 4.78 is 19.5. The predicted octanol–water partition coefficient (Wildman–Crippen LogP) is 5.13. The van der Waals surface area contributed by atoms with Gasteiger partial charge in [-0.05, 0) is 45.1 Å². The zero-order valence-corrected chi connectivity index (χ0v) is 19.0. The molecule has 6 heteroatoms. The van der Waals surface area contributed by atoms with Crippen LogP contribution >= 0.6 is 15.9 Å². The van der Waals surface area contributed by atoms with E-state index in [1.807, 2.05) is 20.8 Å². The van der Waals surface area contributed by atoms with E-state index in [0.29, 0.717) is 24.2 Å². The first-order chi connectivity index (χ1) is 12.5. The number of fused-ring (bicyclic) bond motifs is 1. The minimum Gasteiger partial charge on any atom is -0.444 e. The molecule has 1 spiro atoms. The van der Waals surface area contributed by atoms with Crippen LogP contribution in [0.5, 0.6) is 0 Å². The number of ether oxygens (including phenoxy) is 3. The number of hydrogen-bond acceptors (Lipinski definition) is 4. The van der Waals surface area contributed by atoms with Gasteiger partial charge in [-0.1, -0.05) is 43.1 Å². The van der Waals surface area contributed by atoms with Gasteiger partial charge in [0.05, 0.1) is 12.1 Å². The predicted molar refractivity (Wildman–Crippen MR) is 109 cm³/mol. The number of carbonyl (C=O) groups excluding carboxylic acids is 1. The molecular weight excluding hydrogens is 410 g/mol. The zero-order chi connectivity index (χ0) is 20.0.